The molecule has 2 saturated carbocycles. The smallest absolute Gasteiger partial charge is 0.201 e. The maximum absolute atomic E-state index is 6.55. The van der Waals surface area contributed by atoms with Gasteiger partial charge in [0.1, 0.15) is 0 Å². The number of ether oxygens (including phenoxy) is 6. The number of nitrogens with one attached hydrogen (secondary N) is 1. The molecule has 8 saturated heterocycles. The Balaban J connectivity index is 0.827. The molecule has 1 N–H and O–H groups in total. The van der Waals surface area contributed by atoms with Crippen LogP contribution in [0.4, 0.5) is 0 Å². The first-order chi connectivity index (χ1) is 21.6. The molecule has 2 aliphatic carbocycles. The predicted molar refractivity (Wildman–Crippen MR) is 158 cm³/mol. The highest BCUT2D eigenvalue weighted by atomic mass is 17.3. The summed E-state index contributed by atoms with van der Waals surface area (Å²) in [5.41, 5.74) is -1.12. The Morgan fingerprint density at radius 3 is 1.47 bits per heavy atom. The van der Waals surface area contributed by atoms with Gasteiger partial charge in [0, 0.05) is 49.6 Å². The van der Waals surface area contributed by atoms with E-state index in [1.807, 2.05) is 13.8 Å². The fraction of sp³-hybridized carbons (Fsp3) is 1.00. The van der Waals surface area contributed by atoms with Crippen molar-refractivity contribution >= 4 is 0 Å². The third-order valence-electron chi connectivity index (χ3n) is 13.3. The summed E-state index contributed by atoms with van der Waals surface area (Å²) in [7, 11) is 0. The van der Waals surface area contributed by atoms with Gasteiger partial charge in [0.15, 0.2) is 36.4 Å². The van der Waals surface area contributed by atoms with Gasteiger partial charge < -0.3 is 33.7 Å². The van der Waals surface area contributed by atoms with E-state index in [-0.39, 0.29) is 36.3 Å². The lowest BCUT2D eigenvalue weighted by Crippen LogP contribution is -2.70. The van der Waals surface area contributed by atoms with Gasteiger partial charge in [-0.15, -0.1) is 0 Å². The van der Waals surface area contributed by atoms with Gasteiger partial charge in [-0.2, -0.15) is 0 Å². The van der Waals surface area contributed by atoms with Crippen LogP contribution in [0, 0.1) is 47.3 Å². The van der Waals surface area contributed by atoms with Gasteiger partial charge in [0.2, 0.25) is 11.6 Å². The normalized spacial score (nSPS) is 56.7. The fourth-order valence-electron chi connectivity index (χ4n) is 10.7. The molecule has 11 nitrogen and oxygen atoms in total. The van der Waals surface area contributed by atoms with E-state index in [0.29, 0.717) is 50.0 Å². The first kappa shape index (κ1) is 31.8. The number of rotatable bonds is 8. The second-order valence-corrected chi connectivity index (χ2v) is 16.0. The molecule has 0 aromatic carbocycles. The number of hydrogen-bond donors (Lipinski definition) is 1. The van der Waals surface area contributed by atoms with Crippen molar-refractivity contribution in [3.05, 3.63) is 0 Å². The van der Waals surface area contributed by atoms with E-state index in [9.17, 15) is 0 Å². The average molecular weight is 638 g/mol. The van der Waals surface area contributed by atoms with E-state index in [0.717, 1.165) is 38.5 Å². The van der Waals surface area contributed by atoms with Crippen molar-refractivity contribution in [2.24, 2.45) is 47.3 Å². The Morgan fingerprint density at radius 2 is 1.02 bits per heavy atom. The average Bonchev–Trinajstić information content (AvgIpc) is 3.39. The van der Waals surface area contributed by atoms with Crippen LogP contribution in [0.1, 0.15) is 92.9 Å². The number of fused-ring (bicyclic) bond motifs is 4. The Labute approximate surface area is 267 Å². The molecule has 10 rings (SSSR count). The minimum absolute atomic E-state index is 0.169. The van der Waals surface area contributed by atoms with Crippen LogP contribution < -0.4 is 5.32 Å². The van der Waals surface area contributed by atoms with Crippen molar-refractivity contribution in [1.82, 2.24) is 5.32 Å². The highest BCUT2D eigenvalue weighted by Gasteiger charge is 2.71. The van der Waals surface area contributed by atoms with Gasteiger partial charge in [-0.05, 0) is 76.0 Å². The Bertz CT molecular complexity index is 1020. The van der Waals surface area contributed by atoms with Gasteiger partial charge >= 0.3 is 0 Å². The molecule has 0 aromatic heterocycles. The summed E-state index contributed by atoms with van der Waals surface area (Å²) in [6, 6.07) is 0. The highest BCUT2D eigenvalue weighted by molar-refractivity contribution is 5.10. The molecule has 256 valence electrons. The van der Waals surface area contributed by atoms with Gasteiger partial charge in [-0.25, -0.2) is 19.6 Å². The topological polar surface area (TPSA) is 104 Å². The van der Waals surface area contributed by atoms with Crippen LogP contribution in [0.25, 0.3) is 0 Å². The van der Waals surface area contributed by atoms with Crippen LogP contribution in [-0.4, -0.2) is 74.2 Å². The molecule has 16 atom stereocenters. The molecule has 0 amide bonds. The quantitative estimate of drug-likeness (QED) is 0.287. The second-order valence-electron chi connectivity index (χ2n) is 16.0. The van der Waals surface area contributed by atoms with E-state index in [1.165, 1.54) is 12.8 Å². The van der Waals surface area contributed by atoms with Crippen LogP contribution in [0.3, 0.4) is 0 Å². The molecule has 10 fully saturated rings. The van der Waals surface area contributed by atoms with Crippen molar-refractivity contribution in [2.75, 3.05) is 26.3 Å². The van der Waals surface area contributed by atoms with E-state index in [2.05, 4.69) is 33.0 Å². The van der Waals surface area contributed by atoms with Crippen LogP contribution in [0.5, 0.6) is 0 Å². The highest BCUT2D eigenvalue weighted by Crippen LogP contribution is 2.62. The van der Waals surface area contributed by atoms with E-state index in [1.54, 1.807) is 0 Å². The first-order valence-electron chi connectivity index (χ1n) is 17.9. The molecule has 0 unspecified atom stereocenters. The minimum atomic E-state index is -0.776. The summed E-state index contributed by atoms with van der Waals surface area (Å²) < 4.78 is 38.7. The Kier molecular flexibility index (Phi) is 8.18. The first-order valence-corrected chi connectivity index (χ1v) is 17.9. The molecule has 10 aliphatic rings. The van der Waals surface area contributed by atoms with Crippen molar-refractivity contribution in [3.8, 4) is 0 Å². The lowest BCUT2D eigenvalue weighted by atomic mass is 9.58. The molecule has 8 heterocycles. The summed E-state index contributed by atoms with van der Waals surface area (Å²) in [4.78, 5) is 24.4. The molecule has 4 bridgehead atoms. The van der Waals surface area contributed by atoms with Crippen molar-refractivity contribution < 1.29 is 48.0 Å². The molecular weight excluding hydrogens is 582 g/mol. The summed E-state index contributed by atoms with van der Waals surface area (Å²) >= 11 is 0. The van der Waals surface area contributed by atoms with E-state index in [4.69, 9.17) is 48.0 Å². The molecule has 0 aromatic rings. The molecular formula is C34H55NO10. The molecule has 45 heavy (non-hydrogen) atoms. The van der Waals surface area contributed by atoms with Crippen molar-refractivity contribution in [2.45, 2.75) is 141 Å². The second kappa shape index (κ2) is 11.6. The van der Waals surface area contributed by atoms with Gasteiger partial charge in [0.25, 0.3) is 0 Å². The minimum Gasteiger partial charge on any atom is -0.351 e. The SMILES string of the molecule is C[C@H]1[C@@H](OCCNCCO[C@H]2O[C@@H]3O[C@@]4(C)CC[C@H]5[C@H](C)CC[C@@H]([C@H]2C)[C@@]35OO4)O[C@@H]2O[C@@]3(C)CC[C@H]4[C@H](C)CC[C@@H]1[C@@]24OO3. The lowest BCUT2D eigenvalue weighted by molar-refractivity contribution is -0.577. The van der Waals surface area contributed by atoms with Gasteiger partial charge in [-0.1, -0.05) is 27.7 Å². The fourth-order valence-corrected chi connectivity index (χ4v) is 10.7. The van der Waals surface area contributed by atoms with Crippen LogP contribution in [0.2, 0.25) is 0 Å². The Hall–Kier alpha value is -0.440. The zero-order valence-corrected chi connectivity index (χ0v) is 28.0. The van der Waals surface area contributed by atoms with Crippen LogP contribution >= 0.6 is 0 Å². The summed E-state index contributed by atoms with van der Waals surface area (Å²) in [6.07, 6.45) is 6.50. The predicted octanol–water partition coefficient (Wildman–Crippen LogP) is 5.03. The van der Waals surface area contributed by atoms with E-state index < -0.39 is 35.4 Å². The zero-order chi connectivity index (χ0) is 31.2. The third kappa shape index (κ3) is 4.93. The van der Waals surface area contributed by atoms with Crippen molar-refractivity contribution in [1.29, 1.82) is 0 Å². The van der Waals surface area contributed by atoms with Crippen LogP contribution in [-0.2, 0) is 48.0 Å². The Morgan fingerprint density at radius 1 is 0.578 bits per heavy atom. The third-order valence-corrected chi connectivity index (χ3v) is 13.3. The monoisotopic (exact) mass is 637 g/mol. The lowest BCUT2D eigenvalue weighted by Gasteiger charge is -2.60. The summed E-state index contributed by atoms with van der Waals surface area (Å²) in [5.74, 6) is 1.11. The molecule has 11 heteroatoms. The molecule has 2 spiro atoms. The van der Waals surface area contributed by atoms with Crippen LogP contribution in [0.15, 0.2) is 0 Å². The summed E-state index contributed by atoms with van der Waals surface area (Å²) in [5, 5.41) is 3.48. The molecule has 8 aliphatic heterocycles. The standard InChI is InChI=1S/C34H55NO10/c1-19-7-9-25-21(3)27(38-29-33(25)23(19)11-13-31(5,40-29)42-44-33)36-17-15-35-16-18-37-28-22(4)26-10-8-20(2)24-12-14-32(6)41-30(39-28)34(24,26)45-43-32/h19-30,35H,7-18H2,1-6H3/t19-,20-,21-,22-,23+,24+,25+,26+,27+,28+,29-,30-,31-,32-,33-,34-/m1/s1. The van der Waals surface area contributed by atoms with Gasteiger partial charge in [0.05, 0.1) is 13.2 Å². The largest absolute Gasteiger partial charge is 0.351 e. The summed E-state index contributed by atoms with van der Waals surface area (Å²) in [6.45, 7) is 15.5. The zero-order valence-electron chi connectivity index (χ0n) is 28.0. The molecule has 0 radical (unpaired) electrons. The number of hydrogen-bond acceptors (Lipinski definition) is 11. The maximum atomic E-state index is 6.55. The van der Waals surface area contributed by atoms with Crippen molar-refractivity contribution in [3.63, 3.8) is 0 Å². The van der Waals surface area contributed by atoms with Gasteiger partial charge in [-0.3, -0.25) is 0 Å². The maximum Gasteiger partial charge on any atom is 0.201 e. The van der Waals surface area contributed by atoms with E-state index >= 15 is 0 Å².